The Morgan fingerprint density at radius 3 is 2.52 bits per heavy atom. The number of amides is 1. The van der Waals surface area contributed by atoms with Crippen molar-refractivity contribution >= 4 is 28.6 Å². The molecular weight excluding hydrogens is 328 g/mol. The summed E-state index contributed by atoms with van der Waals surface area (Å²) in [7, 11) is 0. The highest BCUT2D eigenvalue weighted by Gasteiger charge is 2.18. The van der Waals surface area contributed by atoms with Gasteiger partial charge < -0.3 is 4.90 Å². The molecule has 0 saturated heterocycles. The van der Waals surface area contributed by atoms with E-state index in [4.69, 9.17) is 0 Å². The van der Waals surface area contributed by atoms with E-state index in [-0.39, 0.29) is 11.9 Å². The Balaban J connectivity index is 1.71. The Labute approximate surface area is 153 Å². The van der Waals surface area contributed by atoms with Crippen LogP contribution in [0.4, 0.5) is 0 Å². The molecule has 0 N–H and O–H groups in total. The quantitative estimate of drug-likeness (QED) is 0.601. The number of hydrogen-bond donors (Lipinski definition) is 0. The molecular formula is C21H22N2OS. The third-order valence-electron chi connectivity index (χ3n) is 4.10. The second kappa shape index (κ2) is 8.17. The van der Waals surface area contributed by atoms with Gasteiger partial charge in [0.15, 0.2) is 0 Å². The van der Waals surface area contributed by atoms with Crippen LogP contribution in [-0.2, 0) is 11.3 Å². The molecule has 0 atom stereocenters. The van der Waals surface area contributed by atoms with E-state index in [1.54, 1.807) is 18.0 Å². The van der Waals surface area contributed by atoms with Crippen molar-refractivity contribution in [2.24, 2.45) is 0 Å². The summed E-state index contributed by atoms with van der Waals surface area (Å²) in [5.41, 5.74) is 2.12. The van der Waals surface area contributed by atoms with E-state index >= 15 is 0 Å². The summed E-state index contributed by atoms with van der Waals surface area (Å²) in [6.07, 6.45) is 1.80. The zero-order valence-electron chi connectivity index (χ0n) is 14.6. The lowest BCUT2D eigenvalue weighted by Crippen LogP contribution is -2.37. The lowest BCUT2D eigenvalue weighted by atomic mass is 10.2. The molecule has 0 spiro atoms. The minimum Gasteiger partial charge on any atom is -0.335 e. The molecule has 3 nitrogen and oxygen atoms in total. The molecule has 25 heavy (non-hydrogen) atoms. The highest BCUT2D eigenvalue weighted by Crippen LogP contribution is 2.27. The summed E-state index contributed by atoms with van der Waals surface area (Å²) in [5, 5.41) is 1.10. The number of pyridine rings is 1. The van der Waals surface area contributed by atoms with Gasteiger partial charge in [-0.1, -0.05) is 48.5 Å². The molecule has 0 aliphatic heterocycles. The topological polar surface area (TPSA) is 33.2 Å². The van der Waals surface area contributed by atoms with Crippen LogP contribution >= 0.6 is 11.8 Å². The zero-order valence-corrected chi connectivity index (χ0v) is 15.4. The minimum atomic E-state index is 0.157. The second-order valence-electron chi connectivity index (χ2n) is 6.22. The Morgan fingerprint density at radius 1 is 1.04 bits per heavy atom. The van der Waals surface area contributed by atoms with Gasteiger partial charge in [-0.05, 0) is 31.5 Å². The van der Waals surface area contributed by atoms with Gasteiger partial charge in [-0.3, -0.25) is 9.78 Å². The number of carbonyl (C=O) groups is 1. The van der Waals surface area contributed by atoms with Crippen molar-refractivity contribution in [3.63, 3.8) is 0 Å². The summed E-state index contributed by atoms with van der Waals surface area (Å²) >= 11 is 1.58. The van der Waals surface area contributed by atoms with E-state index in [1.165, 1.54) is 0 Å². The number of benzene rings is 2. The lowest BCUT2D eigenvalue weighted by molar-refractivity contribution is -0.130. The number of hydrogen-bond acceptors (Lipinski definition) is 3. The Bertz CT molecular complexity index is 843. The van der Waals surface area contributed by atoms with Crippen molar-refractivity contribution in [2.45, 2.75) is 31.3 Å². The van der Waals surface area contributed by atoms with Crippen molar-refractivity contribution in [3.05, 3.63) is 72.4 Å². The van der Waals surface area contributed by atoms with E-state index < -0.39 is 0 Å². The van der Waals surface area contributed by atoms with Crippen LogP contribution in [0.5, 0.6) is 0 Å². The van der Waals surface area contributed by atoms with Crippen molar-refractivity contribution in [2.75, 3.05) is 5.75 Å². The van der Waals surface area contributed by atoms with Crippen LogP contribution in [0.1, 0.15) is 19.4 Å². The fraction of sp³-hybridized carbons (Fsp3) is 0.238. The van der Waals surface area contributed by atoms with E-state index in [9.17, 15) is 4.79 Å². The fourth-order valence-corrected chi connectivity index (χ4v) is 3.69. The van der Waals surface area contributed by atoms with Gasteiger partial charge in [0.05, 0.1) is 11.3 Å². The average molecular weight is 350 g/mol. The van der Waals surface area contributed by atoms with Gasteiger partial charge in [0.2, 0.25) is 5.91 Å². The first-order valence-electron chi connectivity index (χ1n) is 8.45. The standard InChI is InChI=1S/C21H22N2OS/c1-16(2)23(14-17-8-4-3-5-9-17)21(24)15-25-20-12-13-22-19-11-7-6-10-18(19)20/h3-13,16H,14-15H2,1-2H3. The molecule has 4 heteroatoms. The molecule has 1 aromatic heterocycles. The molecule has 3 rings (SSSR count). The average Bonchev–Trinajstić information content (AvgIpc) is 2.64. The van der Waals surface area contributed by atoms with Crippen LogP contribution < -0.4 is 0 Å². The molecule has 1 heterocycles. The van der Waals surface area contributed by atoms with Crippen molar-refractivity contribution in [3.8, 4) is 0 Å². The Hall–Kier alpha value is -2.33. The maximum atomic E-state index is 12.8. The first kappa shape index (κ1) is 17.5. The Kier molecular flexibility index (Phi) is 5.71. The first-order valence-corrected chi connectivity index (χ1v) is 9.43. The highest BCUT2D eigenvalue weighted by molar-refractivity contribution is 8.00. The fourth-order valence-electron chi connectivity index (χ4n) is 2.76. The molecule has 0 unspecified atom stereocenters. The summed E-state index contributed by atoms with van der Waals surface area (Å²) in [5.74, 6) is 0.587. The largest absolute Gasteiger partial charge is 0.335 e. The predicted molar refractivity (Wildman–Crippen MR) is 105 cm³/mol. The molecule has 2 aromatic carbocycles. The van der Waals surface area contributed by atoms with Crippen LogP contribution in [0, 0.1) is 0 Å². The number of fused-ring (bicyclic) bond motifs is 1. The monoisotopic (exact) mass is 350 g/mol. The number of nitrogens with zero attached hydrogens (tertiary/aromatic N) is 2. The van der Waals surface area contributed by atoms with E-state index in [0.717, 1.165) is 21.4 Å². The van der Waals surface area contributed by atoms with Crippen LogP contribution in [0.15, 0.2) is 71.8 Å². The molecule has 0 radical (unpaired) electrons. The first-order chi connectivity index (χ1) is 12.1. The maximum Gasteiger partial charge on any atom is 0.233 e. The summed E-state index contributed by atoms with van der Waals surface area (Å²) in [4.78, 5) is 20.2. The molecule has 0 bridgehead atoms. The van der Waals surface area contributed by atoms with Crippen molar-refractivity contribution < 1.29 is 4.79 Å². The summed E-state index contributed by atoms with van der Waals surface area (Å²) < 4.78 is 0. The molecule has 0 fully saturated rings. The van der Waals surface area contributed by atoms with Crippen LogP contribution in [0.2, 0.25) is 0 Å². The summed E-state index contributed by atoms with van der Waals surface area (Å²) in [6.45, 7) is 4.77. The van der Waals surface area contributed by atoms with Crippen LogP contribution in [-0.4, -0.2) is 27.6 Å². The van der Waals surface area contributed by atoms with Crippen LogP contribution in [0.3, 0.4) is 0 Å². The molecule has 0 aliphatic rings. The minimum absolute atomic E-state index is 0.157. The number of carbonyl (C=O) groups excluding carboxylic acids is 1. The third-order valence-corrected chi connectivity index (χ3v) is 5.16. The highest BCUT2D eigenvalue weighted by atomic mass is 32.2. The van der Waals surface area contributed by atoms with E-state index in [2.05, 4.69) is 37.0 Å². The molecule has 128 valence electrons. The predicted octanol–water partition coefficient (Wildman–Crippen LogP) is 4.76. The van der Waals surface area contributed by atoms with Gasteiger partial charge in [0.25, 0.3) is 0 Å². The van der Waals surface area contributed by atoms with Crippen molar-refractivity contribution in [1.29, 1.82) is 0 Å². The third kappa shape index (κ3) is 4.40. The Morgan fingerprint density at radius 2 is 1.76 bits per heavy atom. The lowest BCUT2D eigenvalue weighted by Gasteiger charge is -2.27. The van der Waals surface area contributed by atoms with E-state index in [1.807, 2.05) is 47.4 Å². The second-order valence-corrected chi connectivity index (χ2v) is 7.23. The summed E-state index contributed by atoms with van der Waals surface area (Å²) in [6, 6.07) is 20.3. The van der Waals surface area contributed by atoms with Gasteiger partial charge in [0, 0.05) is 29.1 Å². The zero-order chi connectivity index (χ0) is 17.6. The molecule has 3 aromatic rings. The van der Waals surface area contributed by atoms with Gasteiger partial charge in [-0.15, -0.1) is 11.8 Å². The number of thioether (sulfide) groups is 1. The maximum absolute atomic E-state index is 12.8. The number of para-hydroxylation sites is 1. The van der Waals surface area contributed by atoms with Gasteiger partial charge in [0.1, 0.15) is 0 Å². The van der Waals surface area contributed by atoms with Gasteiger partial charge in [-0.25, -0.2) is 0 Å². The van der Waals surface area contributed by atoms with Crippen molar-refractivity contribution in [1.82, 2.24) is 9.88 Å². The molecule has 1 amide bonds. The molecule has 0 aliphatic carbocycles. The number of aromatic nitrogens is 1. The van der Waals surface area contributed by atoms with Gasteiger partial charge >= 0.3 is 0 Å². The van der Waals surface area contributed by atoms with E-state index in [0.29, 0.717) is 12.3 Å². The number of rotatable bonds is 6. The van der Waals surface area contributed by atoms with Crippen LogP contribution in [0.25, 0.3) is 10.9 Å². The molecule has 0 saturated carbocycles. The van der Waals surface area contributed by atoms with Gasteiger partial charge in [-0.2, -0.15) is 0 Å². The normalized spacial score (nSPS) is 11.0. The SMILES string of the molecule is CC(C)N(Cc1ccccc1)C(=O)CSc1ccnc2ccccc12. The smallest absolute Gasteiger partial charge is 0.233 e.